The number of hydrogen-bond acceptors (Lipinski definition) is 4. The Bertz CT molecular complexity index is 234. The predicted molar refractivity (Wildman–Crippen MR) is 58.0 cm³/mol. The summed E-state index contributed by atoms with van der Waals surface area (Å²) < 4.78 is 2.73. The summed E-state index contributed by atoms with van der Waals surface area (Å²) in [4.78, 5) is 24.8. The summed E-state index contributed by atoms with van der Waals surface area (Å²) in [7, 11) is 0. The minimum atomic E-state index is -0.218. The molecule has 1 unspecified atom stereocenters. The van der Waals surface area contributed by atoms with Crippen molar-refractivity contribution in [3.8, 4) is 0 Å². The van der Waals surface area contributed by atoms with Gasteiger partial charge >= 0.3 is 0 Å². The molecule has 0 spiro atoms. The van der Waals surface area contributed by atoms with Gasteiger partial charge in [0.05, 0.1) is 5.75 Å². The maximum atomic E-state index is 11.6. The fraction of sp³-hybridized carbons (Fsp3) is 0.750. The topological polar surface area (TPSA) is 49.4 Å². The van der Waals surface area contributed by atoms with Crippen molar-refractivity contribution in [1.82, 2.24) is 9.62 Å². The van der Waals surface area contributed by atoms with E-state index in [9.17, 15) is 9.59 Å². The van der Waals surface area contributed by atoms with Crippen molar-refractivity contribution in [2.24, 2.45) is 0 Å². The molecule has 0 aromatic rings. The fourth-order valence-electron chi connectivity index (χ4n) is 1.65. The maximum absolute atomic E-state index is 11.6. The van der Waals surface area contributed by atoms with E-state index in [-0.39, 0.29) is 17.9 Å². The minimum Gasteiger partial charge on any atom is -0.329 e. The van der Waals surface area contributed by atoms with Crippen molar-refractivity contribution in [1.29, 1.82) is 0 Å². The van der Waals surface area contributed by atoms with Crippen LogP contribution in [0.5, 0.6) is 0 Å². The maximum Gasteiger partial charge on any atom is 0.252 e. The Labute approximate surface area is 91.3 Å². The summed E-state index contributed by atoms with van der Waals surface area (Å²) in [6, 6.07) is -0.218. The summed E-state index contributed by atoms with van der Waals surface area (Å²) in [6.07, 6.45) is 0.785. The van der Waals surface area contributed by atoms with Crippen molar-refractivity contribution in [3.05, 3.63) is 0 Å². The van der Waals surface area contributed by atoms with Crippen molar-refractivity contribution in [3.63, 3.8) is 0 Å². The van der Waals surface area contributed by atoms with Crippen LogP contribution in [0.4, 0.5) is 0 Å². The van der Waals surface area contributed by atoms with Gasteiger partial charge < -0.3 is 4.90 Å². The molecule has 0 bridgehead atoms. The molecular formula is C8H12N2O2S2. The van der Waals surface area contributed by atoms with Crippen LogP contribution < -0.4 is 4.72 Å². The first-order chi connectivity index (χ1) is 6.79. The molecule has 1 N–H and O–H groups in total. The highest BCUT2D eigenvalue weighted by atomic mass is 32.2. The molecule has 14 heavy (non-hydrogen) atoms. The Balaban J connectivity index is 2.04. The third-order valence-corrected chi connectivity index (χ3v) is 4.08. The van der Waals surface area contributed by atoms with Crippen LogP contribution in [0.3, 0.4) is 0 Å². The number of carbonyl (C=O) groups is 2. The highest BCUT2D eigenvalue weighted by Crippen LogP contribution is 2.20. The second-order valence-corrected chi connectivity index (χ2v) is 5.27. The molecule has 0 aliphatic carbocycles. The number of carbonyl (C=O) groups excluding carboxylic acids is 2. The largest absolute Gasteiger partial charge is 0.329 e. The molecule has 6 heteroatoms. The van der Waals surface area contributed by atoms with E-state index in [1.165, 1.54) is 11.9 Å². The summed E-state index contributed by atoms with van der Waals surface area (Å²) >= 11 is 3.07. The van der Waals surface area contributed by atoms with E-state index in [0.29, 0.717) is 12.3 Å². The third-order valence-electron chi connectivity index (χ3n) is 2.37. The molecule has 78 valence electrons. The van der Waals surface area contributed by atoms with E-state index in [2.05, 4.69) is 4.72 Å². The lowest BCUT2D eigenvalue weighted by Gasteiger charge is -2.35. The van der Waals surface area contributed by atoms with Crippen LogP contribution >= 0.6 is 23.7 Å². The van der Waals surface area contributed by atoms with Gasteiger partial charge in [0.25, 0.3) is 5.91 Å². The summed E-state index contributed by atoms with van der Waals surface area (Å²) in [5.41, 5.74) is 0. The van der Waals surface area contributed by atoms with Gasteiger partial charge in [0, 0.05) is 18.1 Å². The molecule has 2 aliphatic rings. The lowest BCUT2D eigenvalue weighted by molar-refractivity contribution is -0.138. The Kier molecular flexibility index (Phi) is 3.22. The molecule has 0 aromatic carbocycles. The molecule has 1 atom stereocenters. The molecule has 2 saturated heterocycles. The first-order valence-corrected chi connectivity index (χ1v) is 6.72. The zero-order valence-corrected chi connectivity index (χ0v) is 9.33. The number of amides is 2. The first kappa shape index (κ1) is 10.2. The number of nitrogens with one attached hydrogen (secondary N) is 1. The Morgan fingerprint density at radius 3 is 2.93 bits per heavy atom. The Morgan fingerprint density at radius 2 is 2.21 bits per heavy atom. The molecular weight excluding hydrogens is 220 g/mol. The Morgan fingerprint density at radius 1 is 1.36 bits per heavy atom. The molecule has 2 heterocycles. The molecule has 0 radical (unpaired) electrons. The van der Waals surface area contributed by atoms with Gasteiger partial charge in [-0.3, -0.25) is 14.3 Å². The summed E-state index contributed by atoms with van der Waals surface area (Å²) in [6.45, 7) is 0.715. The van der Waals surface area contributed by atoms with Gasteiger partial charge in [-0.25, -0.2) is 0 Å². The molecule has 2 aliphatic heterocycles. The van der Waals surface area contributed by atoms with Crippen LogP contribution in [0.15, 0.2) is 0 Å². The van der Waals surface area contributed by atoms with Crippen LogP contribution in [0.2, 0.25) is 0 Å². The quantitative estimate of drug-likeness (QED) is 0.651. The number of rotatable bonds is 1. The number of nitrogens with zero attached hydrogens (tertiary/aromatic N) is 1. The van der Waals surface area contributed by atoms with Gasteiger partial charge in [0.2, 0.25) is 5.91 Å². The van der Waals surface area contributed by atoms with Crippen LogP contribution in [0.1, 0.15) is 6.42 Å². The van der Waals surface area contributed by atoms with E-state index < -0.39 is 0 Å². The van der Waals surface area contributed by atoms with Gasteiger partial charge in [0.1, 0.15) is 6.04 Å². The second kappa shape index (κ2) is 4.44. The molecule has 2 rings (SSSR count). The normalized spacial score (nSPS) is 28.9. The molecule has 0 aromatic heterocycles. The molecule has 4 nitrogen and oxygen atoms in total. The first-order valence-electron chi connectivity index (χ1n) is 4.58. The van der Waals surface area contributed by atoms with E-state index in [4.69, 9.17) is 0 Å². The highest BCUT2D eigenvalue weighted by Gasteiger charge is 2.33. The van der Waals surface area contributed by atoms with E-state index in [1.54, 1.807) is 16.7 Å². The summed E-state index contributed by atoms with van der Waals surface area (Å²) in [5.74, 6) is 2.46. The minimum absolute atomic E-state index is 0.0125. The highest BCUT2D eigenvalue weighted by molar-refractivity contribution is 8.00. The van der Waals surface area contributed by atoms with Gasteiger partial charge in [-0.05, 0) is 6.42 Å². The smallest absolute Gasteiger partial charge is 0.252 e. The SMILES string of the molecule is O=C1NSCCC1N1CCSCC1=O. The number of hydrogen-bond donors (Lipinski definition) is 1. The molecule has 2 amide bonds. The Hall–Kier alpha value is -0.360. The number of thioether (sulfide) groups is 1. The van der Waals surface area contributed by atoms with Gasteiger partial charge in [0.15, 0.2) is 0 Å². The van der Waals surface area contributed by atoms with Crippen molar-refractivity contribution >= 4 is 35.5 Å². The van der Waals surface area contributed by atoms with Gasteiger partial charge in [-0.15, -0.1) is 0 Å². The van der Waals surface area contributed by atoms with Gasteiger partial charge in [-0.2, -0.15) is 11.8 Å². The fourth-order valence-corrected chi connectivity index (χ4v) is 3.18. The lowest BCUT2D eigenvalue weighted by Crippen LogP contribution is -2.53. The van der Waals surface area contributed by atoms with Crippen molar-refractivity contribution in [2.75, 3.05) is 23.8 Å². The standard InChI is InChI=1S/C8H12N2O2S2/c11-7-5-13-4-2-10(7)6-1-3-14-9-8(6)12/h6H,1-5H2,(H,9,12). The van der Waals surface area contributed by atoms with E-state index in [0.717, 1.165) is 17.9 Å². The molecule has 0 saturated carbocycles. The van der Waals surface area contributed by atoms with Crippen molar-refractivity contribution < 1.29 is 9.59 Å². The van der Waals surface area contributed by atoms with E-state index >= 15 is 0 Å². The average Bonchev–Trinajstić information content (AvgIpc) is 2.20. The monoisotopic (exact) mass is 232 g/mol. The summed E-state index contributed by atoms with van der Waals surface area (Å²) in [5, 5.41) is 0. The average molecular weight is 232 g/mol. The van der Waals surface area contributed by atoms with Gasteiger partial charge in [-0.1, -0.05) is 11.9 Å². The lowest BCUT2D eigenvalue weighted by atomic mass is 10.1. The van der Waals surface area contributed by atoms with E-state index in [1.807, 2.05) is 0 Å². The van der Waals surface area contributed by atoms with Crippen molar-refractivity contribution in [2.45, 2.75) is 12.5 Å². The van der Waals surface area contributed by atoms with Crippen LogP contribution in [-0.2, 0) is 9.59 Å². The molecule has 2 fully saturated rings. The zero-order chi connectivity index (χ0) is 9.97. The third kappa shape index (κ3) is 2.00. The predicted octanol–water partition coefficient (Wildman–Crippen LogP) is 0.0985. The second-order valence-electron chi connectivity index (χ2n) is 3.26. The van der Waals surface area contributed by atoms with Crippen LogP contribution in [-0.4, -0.2) is 46.6 Å². The van der Waals surface area contributed by atoms with Crippen LogP contribution in [0, 0.1) is 0 Å². The zero-order valence-electron chi connectivity index (χ0n) is 7.69. The van der Waals surface area contributed by atoms with Crippen LogP contribution in [0.25, 0.3) is 0 Å².